The van der Waals surface area contributed by atoms with Crippen molar-refractivity contribution in [3.63, 3.8) is 0 Å². The van der Waals surface area contributed by atoms with E-state index in [1.54, 1.807) is 28.5 Å². The third-order valence-corrected chi connectivity index (χ3v) is 3.67. The molecule has 0 saturated heterocycles. The predicted octanol–water partition coefficient (Wildman–Crippen LogP) is 2.60. The molecule has 0 radical (unpaired) electrons. The maximum Gasteiger partial charge on any atom is 0.178 e. The second-order valence-corrected chi connectivity index (χ2v) is 5.43. The number of anilines is 1. The average Bonchev–Trinajstić information content (AvgIpc) is 3.10. The molecule has 0 fully saturated rings. The molecule has 3 aromatic rings. The van der Waals surface area contributed by atoms with E-state index >= 15 is 0 Å². The summed E-state index contributed by atoms with van der Waals surface area (Å²) in [6.45, 7) is 4.08. The molecule has 102 valence electrons. The van der Waals surface area contributed by atoms with Crippen LogP contribution in [0.5, 0.6) is 0 Å². The molecule has 0 bridgehead atoms. The summed E-state index contributed by atoms with van der Waals surface area (Å²) in [4.78, 5) is 12.8. The number of aromatic nitrogens is 5. The topological polar surface area (TPSA) is 68.5 Å². The summed E-state index contributed by atoms with van der Waals surface area (Å²) in [7, 11) is 0. The van der Waals surface area contributed by atoms with E-state index in [4.69, 9.17) is 0 Å². The number of aryl methyl sites for hydroxylation is 1. The quantitative estimate of drug-likeness (QED) is 0.798. The van der Waals surface area contributed by atoms with Crippen molar-refractivity contribution in [1.82, 2.24) is 24.7 Å². The highest BCUT2D eigenvalue weighted by Crippen LogP contribution is 2.23. The van der Waals surface area contributed by atoms with Gasteiger partial charge in [0.25, 0.3) is 0 Å². The molecule has 3 heterocycles. The Bertz CT molecular complexity index is 690. The molecule has 0 saturated carbocycles. The number of thiazole rings is 1. The van der Waals surface area contributed by atoms with Gasteiger partial charge in [0.15, 0.2) is 5.82 Å². The molecular weight excluding hydrogens is 272 g/mol. The van der Waals surface area contributed by atoms with Gasteiger partial charge in [-0.1, -0.05) is 0 Å². The first-order chi connectivity index (χ1) is 9.74. The first-order valence-electron chi connectivity index (χ1n) is 6.22. The van der Waals surface area contributed by atoms with Crippen LogP contribution in [0.25, 0.3) is 5.82 Å². The number of nitrogens with one attached hydrogen (secondary N) is 1. The van der Waals surface area contributed by atoms with Crippen LogP contribution in [0.3, 0.4) is 0 Å². The third-order valence-electron chi connectivity index (χ3n) is 2.87. The fourth-order valence-corrected chi connectivity index (χ4v) is 2.60. The van der Waals surface area contributed by atoms with E-state index in [1.165, 1.54) is 6.33 Å². The van der Waals surface area contributed by atoms with E-state index in [0.717, 1.165) is 22.2 Å². The van der Waals surface area contributed by atoms with Crippen molar-refractivity contribution in [3.05, 3.63) is 47.1 Å². The van der Waals surface area contributed by atoms with E-state index in [9.17, 15) is 0 Å². The lowest BCUT2D eigenvalue weighted by Crippen LogP contribution is -2.11. The van der Waals surface area contributed by atoms with Gasteiger partial charge in [-0.3, -0.25) is 0 Å². The van der Waals surface area contributed by atoms with E-state index in [1.807, 2.05) is 19.1 Å². The van der Waals surface area contributed by atoms with Crippen molar-refractivity contribution in [2.45, 2.75) is 19.9 Å². The molecule has 1 N–H and O–H groups in total. The lowest BCUT2D eigenvalue weighted by atomic mass is 10.2. The zero-order chi connectivity index (χ0) is 13.9. The van der Waals surface area contributed by atoms with Gasteiger partial charge in [0.1, 0.15) is 12.7 Å². The Hall–Kier alpha value is -2.28. The number of hydrogen-bond donors (Lipinski definition) is 1. The molecule has 20 heavy (non-hydrogen) atoms. The smallest absolute Gasteiger partial charge is 0.178 e. The maximum atomic E-state index is 4.50. The maximum absolute atomic E-state index is 4.50. The minimum atomic E-state index is 0.103. The highest BCUT2D eigenvalue weighted by atomic mass is 32.1. The summed E-state index contributed by atoms with van der Waals surface area (Å²) < 4.78 is 1.64. The Balaban J connectivity index is 1.88. The first-order valence-corrected chi connectivity index (χ1v) is 7.10. The minimum absolute atomic E-state index is 0.103. The summed E-state index contributed by atoms with van der Waals surface area (Å²) in [6, 6.07) is 3.97. The zero-order valence-corrected chi connectivity index (χ0v) is 12.0. The van der Waals surface area contributed by atoms with Crippen molar-refractivity contribution in [2.75, 3.05) is 5.32 Å². The SMILES string of the molecule is Cc1nc(C(C)Nc2cccnc2-n2cncn2)cs1. The highest BCUT2D eigenvalue weighted by Gasteiger charge is 2.12. The number of nitrogens with zero attached hydrogens (tertiary/aromatic N) is 5. The van der Waals surface area contributed by atoms with Gasteiger partial charge in [0, 0.05) is 11.6 Å². The van der Waals surface area contributed by atoms with Gasteiger partial charge in [-0.15, -0.1) is 11.3 Å². The van der Waals surface area contributed by atoms with Crippen LogP contribution in [-0.4, -0.2) is 24.7 Å². The van der Waals surface area contributed by atoms with Crippen LogP contribution >= 0.6 is 11.3 Å². The molecular formula is C13H14N6S. The summed E-state index contributed by atoms with van der Waals surface area (Å²) in [5.41, 5.74) is 1.93. The highest BCUT2D eigenvalue weighted by molar-refractivity contribution is 7.09. The molecule has 0 aromatic carbocycles. The molecule has 1 unspecified atom stereocenters. The van der Waals surface area contributed by atoms with Crippen LogP contribution in [-0.2, 0) is 0 Å². The van der Waals surface area contributed by atoms with Crippen LogP contribution in [0.2, 0.25) is 0 Å². The van der Waals surface area contributed by atoms with Crippen molar-refractivity contribution in [2.24, 2.45) is 0 Å². The molecule has 1 atom stereocenters. The lowest BCUT2D eigenvalue weighted by Gasteiger charge is -2.15. The molecule has 0 spiro atoms. The fourth-order valence-electron chi connectivity index (χ4n) is 1.90. The van der Waals surface area contributed by atoms with Gasteiger partial charge in [-0.25, -0.2) is 19.6 Å². The molecule has 3 rings (SSSR count). The van der Waals surface area contributed by atoms with Crippen LogP contribution in [0.1, 0.15) is 23.7 Å². The Kier molecular flexibility index (Phi) is 3.42. The van der Waals surface area contributed by atoms with Crippen molar-refractivity contribution in [3.8, 4) is 5.82 Å². The average molecular weight is 286 g/mol. The first kappa shape index (κ1) is 12.7. The van der Waals surface area contributed by atoms with Gasteiger partial charge in [0.2, 0.25) is 0 Å². The van der Waals surface area contributed by atoms with E-state index in [-0.39, 0.29) is 6.04 Å². The zero-order valence-electron chi connectivity index (χ0n) is 11.2. The molecule has 7 heteroatoms. The molecule has 0 aliphatic rings. The Morgan fingerprint density at radius 2 is 2.30 bits per heavy atom. The Labute approximate surface area is 120 Å². The number of rotatable bonds is 4. The largest absolute Gasteiger partial charge is 0.374 e. The van der Waals surface area contributed by atoms with Crippen molar-refractivity contribution < 1.29 is 0 Å². The van der Waals surface area contributed by atoms with Crippen LogP contribution in [0, 0.1) is 6.92 Å². The van der Waals surface area contributed by atoms with Crippen LogP contribution in [0.15, 0.2) is 36.4 Å². The standard InChI is InChI=1S/C13H14N6S/c1-9(12-6-20-10(2)18-12)17-11-4-3-5-15-13(11)19-8-14-7-16-19/h3-9,17H,1-2H3. The summed E-state index contributed by atoms with van der Waals surface area (Å²) in [5, 5.41) is 10.7. The van der Waals surface area contributed by atoms with Gasteiger partial charge in [-0.2, -0.15) is 5.10 Å². The molecule has 0 aliphatic heterocycles. The van der Waals surface area contributed by atoms with Gasteiger partial charge < -0.3 is 5.32 Å². The summed E-state index contributed by atoms with van der Waals surface area (Å²) >= 11 is 1.65. The predicted molar refractivity (Wildman–Crippen MR) is 78.0 cm³/mol. The molecule has 3 aromatic heterocycles. The van der Waals surface area contributed by atoms with Gasteiger partial charge in [-0.05, 0) is 26.0 Å². The number of pyridine rings is 1. The summed E-state index contributed by atoms with van der Waals surface area (Å²) in [5.74, 6) is 0.726. The second kappa shape index (κ2) is 5.38. The monoisotopic (exact) mass is 286 g/mol. The molecule has 6 nitrogen and oxygen atoms in total. The fraction of sp³-hybridized carbons (Fsp3) is 0.231. The molecule has 0 amide bonds. The van der Waals surface area contributed by atoms with Crippen molar-refractivity contribution in [1.29, 1.82) is 0 Å². The van der Waals surface area contributed by atoms with Crippen LogP contribution in [0.4, 0.5) is 5.69 Å². The third kappa shape index (κ3) is 2.53. The Morgan fingerprint density at radius 1 is 1.40 bits per heavy atom. The lowest BCUT2D eigenvalue weighted by molar-refractivity contribution is 0.815. The van der Waals surface area contributed by atoms with Crippen molar-refractivity contribution >= 4 is 17.0 Å². The van der Waals surface area contributed by atoms with Gasteiger partial charge >= 0.3 is 0 Å². The van der Waals surface area contributed by atoms with Gasteiger partial charge in [0.05, 0.1) is 22.4 Å². The minimum Gasteiger partial charge on any atom is -0.374 e. The number of hydrogen-bond acceptors (Lipinski definition) is 6. The Morgan fingerprint density at radius 3 is 3.00 bits per heavy atom. The second-order valence-electron chi connectivity index (χ2n) is 4.37. The van der Waals surface area contributed by atoms with E-state index in [0.29, 0.717) is 0 Å². The molecule has 0 aliphatic carbocycles. The van der Waals surface area contributed by atoms with Crippen LogP contribution < -0.4 is 5.32 Å². The van der Waals surface area contributed by atoms with E-state index < -0.39 is 0 Å². The summed E-state index contributed by atoms with van der Waals surface area (Å²) in [6.07, 6.45) is 4.86. The normalized spacial score (nSPS) is 12.3. The van der Waals surface area contributed by atoms with E-state index in [2.05, 4.69) is 37.7 Å².